The van der Waals surface area contributed by atoms with Crippen molar-refractivity contribution >= 4 is 5.97 Å². The van der Waals surface area contributed by atoms with Crippen molar-refractivity contribution in [3.8, 4) is 0 Å². The molecule has 0 bridgehead atoms. The molecule has 0 heterocycles. The lowest BCUT2D eigenvalue weighted by Crippen LogP contribution is -2.28. The summed E-state index contributed by atoms with van der Waals surface area (Å²) in [4.78, 5) is 10.1. The molecule has 4 heteroatoms. The van der Waals surface area contributed by atoms with Crippen LogP contribution in [0, 0.1) is 0 Å². The van der Waals surface area contributed by atoms with Crippen LogP contribution >= 0.6 is 0 Å². The quantitative estimate of drug-likeness (QED) is 0.546. The smallest absolute Gasteiger partial charge is 0.306 e. The Morgan fingerprint density at radius 2 is 1.92 bits per heavy atom. The van der Waals surface area contributed by atoms with Crippen LogP contribution in [0.15, 0.2) is 0 Å². The summed E-state index contributed by atoms with van der Waals surface area (Å²) in [5.74, 6) is -1.09. The average molecular weight is 176 g/mol. The van der Waals surface area contributed by atoms with E-state index in [0.717, 1.165) is 12.8 Å². The Bertz CT molecular complexity index is 135. The van der Waals surface area contributed by atoms with Crippen LogP contribution in [0.3, 0.4) is 0 Å². The van der Waals surface area contributed by atoms with Crippen molar-refractivity contribution in [2.75, 3.05) is 0 Å². The molecule has 0 saturated heterocycles. The van der Waals surface area contributed by atoms with E-state index in [9.17, 15) is 9.90 Å². The summed E-state index contributed by atoms with van der Waals surface area (Å²) in [5, 5.41) is 26.6. The number of aliphatic carboxylic acids is 1. The fourth-order valence-corrected chi connectivity index (χ4v) is 0.921. The summed E-state index contributed by atoms with van der Waals surface area (Å²) >= 11 is 0. The number of hydrogen-bond donors (Lipinski definition) is 3. The Labute approximate surface area is 71.8 Å². The number of carboxylic acids is 1. The topological polar surface area (TPSA) is 77.8 Å². The monoisotopic (exact) mass is 176 g/mol. The third-order valence-electron chi connectivity index (χ3n) is 1.68. The molecule has 2 atom stereocenters. The highest BCUT2D eigenvalue weighted by Crippen LogP contribution is 2.07. The fourth-order valence-electron chi connectivity index (χ4n) is 0.921. The molecular formula is C8H16O4. The first-order chi connectivity index (χ1) is 5.57. The summed E-state index contributed by atoms with van der Waals surface area (Å²) in [6, 6.07) is 0. The highest BCUT2D eigenvalue weighted by atomic mass is 16.4. The molecule has 0 spiro atoms. The van der Waals surface area contributed by atoms with E-state index < -0.39 is 18.2 Å². The van der Waals surface area contributed by atoms with E-state index in [-0.39, 0.29) is 6.42 Å². The molecule has 0 radical (unpaired) electrons. The zero-order chi connectivity index (χ0) is 9.56. The van der Waals surface area contributed by atoms with E-state index in [4.69, 9.17) is 10.2 Å². The van der Waals surface area contributed by atoms with Gasteiger partial charge in [-0.2, -0.15) is 0 Å². The lowest BCUT2D eigenvalue weighted by atomic mass is 10.1. The molecule has 0 aromatic heterocycles. The first-order valence-corrected chi connectivity index (χ1v) is 4.15. The SMILES string of the molecule is CCCCC(O)C(O)CC(=O)O. The first-order valence-electron chi connectivity index (χ1n) is 4.15. The van der Waals surface area contributed by atoms with Crippen molar-refractivity contribution in [3.63, 3.8) is 0 Å². The van der Waals surface area contributed by atoms with Crippen LogP contribution in [0.5, 0.6) is 0 Å². The van der Waals surface area contributed by atoms with Gasteiger partial charge >= 0.3 is 5.97 Å². The third-order valence-corrected chi connectivity index (χ3v) is 1.68. The molecule has 0 aliphatic rings. The van der Waals surface area contributed by atoms with E-state index in [2.05, 4.69) is 0 Å². The van der Waals surface area contributed by atoms with Gasteiger partial charge in [-0.15, -0.1) is 0 Å². The number of rotatable bonds is 6. The molecule has 72 valence electrons. The summed E-state index contributed by atoms with van der Waals surface area (Å²) in [6.07, 6.45) is -0.222. The van der Waals surface area contributed by atoms with Gasteiger partial charge in [-0.05, 0) is 6.42 Å². The Morgan fingerprint density at radius 3 is 2.33 bits per heavy atom. The lowest BCUT2D eigenvalue weighted by Gasteiger charge is -2.14. The highest BCUT2D eigenvalue weighted by molar-refractivity contribution is 5.67. The van der Waals surface area contributed by atoms with Crippen LogP contribution in [-0.4, -0.2) is 33.5 Å². The highest BCUT2D eigenvalue weighted by Gasteiger charge is 2.18. The maximum atomic E-state index is 10.1. The normalized spacial score (nSPS) is 15.6. The molecular weight excluding hydrogens is 160 g/mol. The van der Waals surface area contributed by atoms with Crippen LogP contribution in [0.1, 0.15) is 32.6 Å². The second-order valence-corrected chi connectivity index (χ2v) is 2.87. The summed E-state index contributed by atoms with van der Waals surface area (Å²) in [5.41, 5.74) is 0. The molecule has 4 nitrogen and oxygen atoms in total. The average Bonchev–Trinajstić information content (AvgIpc) is 1.98. The van der Waals surface area contributed by atoms with Gasteiger partial charge in [0.25, 0.3) is 0 Å². The van der Waals surface area contributed by atoms with Crippen LogP contribution in [0.4, 0.5) is 0 Å². The fraction of sp³-hybridized carbons (Fsp3) is 0.875. The molecule has 0 amide bonds. The lowest BCUT2D eigenvalue weighted by molar-refractivity contribution is -0.141. The molecule has 0 saturated carbocycles. The van der Waals surface area contributed by atoms with Crippen molar-refractivity contribution in [2.45, 2.75) is 44.8 Å². The van der Waals surface area contributed by atoms with E-state index in [1.165, 1.54) is 0 Å². The van der Waals surface area contributed by atoms with Gasteiger partial charge in [0.05, 0.1) is 18.6 Å². The largest absolute Gasteiger partial charge is 0.481 e. The number of hydrogen-bond acceptors (Lipinski definition) is 3. The standard InChI is InChI=1S/C8H16O4/c1-2-3-4-6(9)7(10)5-8(11)12/h6-7,9-10H,2-5H2,1H3,(H,11,12). The molecule has 0 rings (SSSR count). The van der Waals surface area contributed by atoms with Crippen LogP contribution < -0.4 is 0 Å². The van der Waals surface area contributed by atoms with Gasteiger partial charge in [-0.1, -0.05) is 19.8 Å². The zero-order valence-corrected chi connectivity index (χ0v) is 7.23. The van der Waals surface area contributed by atoms with Gasteiger partial charge in [0, 0.05) is 0 Å². The van der Waals surface area contributed by atoms with Crippen molar-refractivity contribution < 1.29 is 20.1 Å². The van der Waals surface area contributed by atoms with Gasteiger partial charge in [-0.25, -0.2) is 0 Å². The summed E-state index contributed by atoms with van der Waals surface area (Å²) < 4.78 is 0. The van der Waals surface area contributed by atoms with Gasteiger partial charge in [-0.3, -0.25) is 4.79 Å². The number of carbonyl (C=O) groups is 1. The molecule has 0 aromatic rings. The van der Waals surface area contributed by atoms with Crippen molar-refractivity contribution in [1.29, 1.82) is 0 Å². The number of carboxylic acid groups (broad SMARTS) is 1. The maximum Gasteiger partial charge on any atom is 0.306 e. The molecule has 0 aliphatic carbocycles. The number of aliphatic hydroxyl groups is 2. The third kappa shape index (κ3) is 5.09. The number of aliphatic hydroxyl groups excluding tert-OH is 2. The maximum absolute atomic E-state index is 10.1. The minimum atomic E-state index is -1.13. The zero-order valence-electron chi connectivity index (χ0n) is 7.23. The predicted octanol–water partition coefficient (Wildman–Crippen LogP) is 0.373. The number of unbranched alkanes of at least 4 members (excludes halogenated alkanes) is 1. The Balaban J connectivity index is 3.60. The van der Waals surface area contributed by atoms with Crippen molar-refractivity contribution in [3.05, 3.63) is 0 Å². The van der Waals surface area contributed by atoms with Crippen LogP contribution in [0.2, 0.25) is 0 Å². The summed E-state index contributed by atoms with van der Waals surface area (Å²) in [6.45, 7) is 1.97. The van der Waals surface area contributed by atoms with Crippen molar-refractivity contribution in [1.82, 2.24) is 0 Å². The molecule has 0 aromatic carbocycles. The van der Waals surface area contributed by atoms with E-state index in [1.807, 2.05) is 6.92 Å². The Hall–Kier alpha value is -0.610. The minimum absolute atomic E-state index is 0.384. The molecule has 0 fully saturated rings. The molecule has 12 heavy (non-hydrogen) atoms. The van der Waals surface area contributed by atoms with Gasteiger partial charge < -0.3 is 15.3 Å². The Morgan fingerprint density at radius 1 is 1.33 bits per heavy atom. The van der Waals surface area contributed by atoms with E-state index in [1.54, 1.807) is 0 Å². The predicted molar refractivity (Wildman–Crippen MR) is 43.8 cm³/mol. The van der Waals surface area contributed by atoms with Crippen LogP contribution in [0.25, 0.3) is 0 Å². The molecule has 2 unspecified atom stereocenters. The molecule has 0 aliphatic heterocycles. The van der Waals surface area contributed by atoms with Gasteiger partial charge in [0.2, 0.25) is 0 Å². The first kappa shape index (κ1) is 11.4. The van der Waals surface area contributed by atoms with Gasteiger partial charge in [0.1, 0.15) is 0 Å². The second-order valence-electron chi connectivity index (χ2n) is 2.87. The van der Waals surface area contributed by atoms with Crippen LogP contribution in [-0.2, 0) is 4.79 Å². The van der Waals surface area contributed by atoms with E-state index in [0.29, 0.717) is 6.42 Å². The van der Waals surface area contributed by atoms with Gasteiger partial charge in [0.15, 0.2) is 0 Å². The van der Waals surface area contributed by atoms with Crippen molar-refractivity contribution in [2.24, 2.45) is 0 Å². The Kier molecular flexibility index (Phi) is 5.66. The van der Waals surface area contributed by atoms with E-state index >= 15 is 0 Å². The second kappa shape index (κ2) is 5.97. The summed E-state index contributed by atoms with van der Waals surface area (Å²) in [7, 11) is 0. The molecule has 3 N–H and O–H groups in total. The minimum Gasteiger partial charge on any atom is -0.481 e.